The topological polar surface area (TPSA) is 58.1 Å². The number of carbonyl (C=O) groups is 1. The van der Waals surface area contributed by atoms with E-state index in [-0.39, 0.29) is 5.91 Å². The van der Waals surface area contributed by atoms with E-state index in [0.717, 1.165) is 36.1 Å². The second-order valence-corrected chi connectivity index (χ2v) is 6.96. The van der Waals surface area contributed by atoms with E-state index in [9.17, 15) is 4.79 Å². The van der Waals surface area contributed by atoms with Crippen LogP contribution in [0.15, 0.2) is 54.6 Å². The van der Waals surface area contributed by atoms with Crippen molar-refractivity contribution < 1.29 is 4.79 Å². The number of hydrogen-bond donors (Lipinski definition) is 1. The van der Waals surface area contributed by atoms with Crippen LogP contribution in [0.4, 0.5) is 5.82 Å². The molecule has 0 atom stereocenters. The highest BCUT2D eigenvalue weighted by molar-refractivity contribution is 6.07. The number of nitrogens with one attached hydrogen (secondary N) is 1. The molecule has 1 fully saturated rings. The maximum atomic E-state index is 12.7. The fraction of sp³-hybridized carbons (Fsp3) is 0.318. The molecule has 0 aliphatic carbocycles. The van der Waals surface area contributed by atoms with E-state index in [1.54, 1.807) is 0 Å². The number of anilines is 1. The second-order valence-electron chi connectivity index (χ2n) is 6.96. The van der Waals surface area contributed by atoms with E-state index in [0.29, 0.717) is 12.2 Å². The minimum atomic E-state index is -0.167. The number of piperidine rings is 1. The molecule has 4 rings (SSSR count). The molecule has 0 bridgehead atoms. The number of rotatable bonds is 5. The van der Waals surface area contributed by atoms with Crippen LogP contribution in [0.2, 0.25) is 0 Å². The molecule has 0 saturated carbocycles. The Kier molecular flexibility index (Phi) is 5.28. The zero-order chi connectivity index (χ0) is 18.5. The normalized spacial score (nSPS) is 14.3. The highest BCUT2D eigenvalue weighted by Gasteiger charge is 2.19. The maximum absolute atomic E-state index is 12.7. The van der Waals surface area contributed by atoms with Crippen LogP contribution in [0.5, 0.6) is 0 Å². The highest BCUT2D eigenvalue weighted by Crippen LogP contribution is 2.27. The second kappa shape index (κ2) is 8.16. The van der Waals surface area contributed by atoms with Crippen molar-refractivity contribution in [1.29, 1.82) is 0 Å². The lowest BCUT2D eigenvalue weighted by Crippen LogP contribution is -2.31. The Labute approximate surface area is 159 Å². The number of carbonyl (C=O) groups excluding carboxylic acids is 1. The molecule has 1 aliphatic rings. The molecular weight excluding hydrogens is 336 g/mol. The van der Waals surface area contributed by atoms with E-state index in [4.69, 9.17) is 0 Å². The minimum Gasteiger partial charge on any atom is -0.355 e. The van der Waals surface area contributed by atoms with Crippen LogP contribution in [0.3, 0.4) is 0 Å². The first-order valence-corrected chi connectivity index (χ1v) is 9.65. The monoisotopic (exact) mass is 360 g/mol. The van der Waals surface area contributed by atoms with E-state index in [2.05, 4.69) is 32.5 Å². The lowest BCUT2D eigenvalue weighted by atomic mass is 10.1. The molecule has 1 amide bonds. The Bertz CT molecular complexity index is 920. The number of aromatic nitrogens is 2. The summed E-state index contributed by atoms with van der Waals surface area (Å²) in [7, 11) is 0. The van der Waals surface area contributed by atoms with Gasteiger partial charge in [0.15, 0.2) is 11.5 Å². The molecule has 5 heteroatoms. The Morgan fingerprint density at radius 3 is 2.37 bits per heavy atom. The molecule has 2 heterocycles. The van der Waals surface area contributed by atoms with E-state index in [1.165, 1.54) is 24.8 Å². The SMILES string of the molecule is O=C(NCCc1ccccc1)c1nnc(N2CCCCC2)c2ccccc12. The molecule has 2 aromatic carbocycles. The van der Waals surface area contributed by atoms with Gasteiger partial charge in [0.05, 0.1) is 0 Å². The Morgan fingerprint density at radius 1 is 0.889 bits per heavy atom. The van der Waals surface area contributed by atoms with Crippen LogP contribution < -0.4 is 10.2 Å². The van der Waals surface area contributed by atoms with Crippen LogP contribution in [-0.4, -0.2) is 35.7 Å². The summed E-state index contributed by atoms with van der Waals surface area (Å²) in [5.74, 6) is 0.728. The van der Waals surface area contributed by atoms with Crippen molar-refractivity contribution in [2.75, 3.05) is 24.5 Å². The number of hydrogen-bond acceptors (Lipinski definition) is 4. The van der Waals surface area contributed by atoms with Crippen LogP contribution in [0, 0.1) is 0 Å². The van der Waals surface area contributed by atoms with Crippen molar-refractivity contribution in [2.24, 2.45) is 0 Å². The number of benzene rings is 2. The van der Waals surface area contributed by atoms with Crippen molar-refractivity contribution in [3.63, 3.8) is 0 Å². The minimum absolute atomic E-state index is 0.167. The molecule has 1 aromatic heterocycles. The van der Waals surface area contributed by atoms with Crippen molar-refractivity contribution in [1.82, 2.24) is 15.5 Å². The van der Waals surface area contributed by atoms with E-state index in [1.807, 2.05) is 42.5 Å². The van der Waals surface area contributed by atoms with Crippen LogP contribution in [0.25, 0.3) is 10.8 Å². The quantitative estimate of drug-likeness (QED) is 0.755. The molecule has 27 heavy (non-hydrogen) atoms. The first-order chi connectivity index (χ1) is 13.3. The lowest BCUT2D eigenvalue weighted by Gasteiger charge is -2.28. The van der Waals surface area contributed by atoms with Gasteiger partial charge in [-0.2, -0.15) is 0 Å². The largest absolute Gasteiger partial charge is 0.355 e. The fourth-order valence-corrected chi connectivity index (χ4v) is 3.65. The first-order valence-electron chi connectivity index (χ1n) is 9.65. The molecule has 1 saturated heterocycles. The molecular formula is C22H24N4O. The summed E-state index contributed by atoms with van der Waals surface area (Å²) >= 11 is 0. The Balaban J connectivity index is 1.54. The summed E-state index contributed by atoms with van der Waals surface area (Å²) in [5, 5.41) is 13.6. The highest BCUT2D eigenvalue weighted by atomic mass is 16.1. The van der Waals surface area contributed by atoms with Gasteiger partial charge in [-0.3, -0.25) is 4.79 Å². The van der Waals surface area contributed by atoms with Crippen LogP contribution in [0.1, 0.15) is 35.3 Å². The summed E-state index contributed by atoms with van der Waals surface area (Å²) in [4.78, 5) is 15.0. The molecule has 0 radical (unpaired) electrons. The summed E-state index contributed by atoms with van der Waals surface area (Å²) in [6.45, 7) is 2.58. The average molecular weight is 360 g/mol. The van der Waals surface area contributed by atoms with Gasteiger partial charge < -0.3 is 10.2 Å². The molecule has 0 spiro atoms. The van der Waals surface area contributed by atoms with Gasteiger partial charge >= 0.3 is 0 Å². The third kappa shape index (κ3) is 3.92. The molecule has 5 nitrogen and oxygen atoms in total. The summed E-state index contributed by atoms with van der Waals surface area (Å²) < 4.78 is 0. The van der Waals surface area contributed by atoms with Crippen molar-refractivity contribution >= 4 is 22.5 Å². The summed E-state index contributed by atoms with van der Waals surface area (Å²) in [6, 6.07) is 18.1. The molecule has 138 valence electrons. The third-order valence-corrected chi connectivity index (χ3v) is 5.08. The van der Waals surface area contributed by atoms with Gasteiger partial charge in [-0.1, -0.05) is 54.6 Å². The van der Waals surface area contributed by atoms with Gasteiger partial charge in [-0.25, -0.2) is 0 Å². The number of nitrogens with zero attached hydrogens (tertiary/aromatic N) is 3. The van der Waals surface area contributed by atoms with E-state index >= 15 is 0 Å². The number of amides is 1. The van der Waals surface area contributed by atoms with Gasteiger partial charge in [0.25, 0.3) is 5.91 Å². The lowest BCUT2D eigenvalue weighted by molar-refractivity contribution is 0.0950. The van der Waals surface area contributed by atoms with Crippen molar-refractivity contribution in [3.05, 3.63) is 65.9 Å². The van der Waals surface area contributed by atoms with Gasteiger partial charge in [0.2, 0.25) is 0 Å². The molecule has 1 N–H and O–H groups in total. The number of fused-ring (bicyclic) bond motifs is 1. The standard InChI is InChI=1S/C22H24N4O/c27-22(23-14-13-17-9-3-1-4-10-17)20-18-11-5-6-12-19(18)21(25-24-20)26-15-7-2-8-16-26/h1,3-6,9-12H,2,7-8,13-16H2,(H,23,27). The van der Waals surface area contributed by atoms with Gasteiger partial charge in [0, 0.05) is 30.4 Å². The predicted octanol–water partition coefficient (Wildman–Crippen LogP) is 3.59. The fourth-order valence-electron chi connectivity index (χ4n) is 3.65. The van der Waals surface area contributed by atoms with Gasteiger partial charge in [-0.05, 0) is 31.2 Å². The summed E-state index contributed by atoms with van der Waals surface area (Å²) in [5.41, 5.74) is 1.61. The zero-order valence-corrected chi connectivity index (χ0v) is 15.4. The van der Waals surface area contributed by atoms with Crippen molar-refractivity contribution in [3.8, 4) is 0 Å². The van der Waals surface area contributed by atoms with Crippen molar-refractivity contribution in [2.45, 2.75) is 25.7 Å². The Morgan fingerprint density at radius 2 is 1.59 bits per heavy atom. The molecule has 0 unspecified atom stereocenters. The average Bonchev–Trinajstić information content (AvgIpc) is 2.74. The third-order valence-electron chi connectivity index (χ3n) is 5.08. The zero-order valence-electron chi connectivity index (χ0n) is 15.4. The molecule has 1 aliphatic heterocycles. The smallest absolute Gasteiger partial charge is 0.272 e. The van der Waals surface area contributed by atoms with Gasteiger partial charge in [0.1, 0.15) is 0 Å². The van der Waals surface area contributed by atoms with Gasteiger partial charge in [-0.15, -0.1) is 10.2 Å². The van der Waals surface area contributed by atoms with E-state index < -0.39 is 0 Å². The Hall–Kier alpha value is -2.95. The summed E-state index contributed by atoms with van der Waals surface area (Å²) in [6.07, 6.45) is 4.42. The van der Waals surface area contributed by atoms with Crippen LogP contribution >= 0.6 is 0 Å². The van der Waals surface area contributed by atoms with Crippen LogP contribution in [-0.2, 0) is 6.42 Å². The first kappa shape index (κ1) is 17.5. The maximum Gasteiger partial charge on any atom is 0.272 e. The molecule has 3 aromatic rings. The predicted molar refractivity (Wildman–Crippen MR) is 108 cm³/mol.